The number of nitrogens with two attached hydrogens (primary N) is 1. The highest BCUT2D eigenvalue weighted by molar-refractivity contribution is 8.00. The minimum Gasteiger partial charge on any atom is -0.399 e. The van der Waals surface area contributed by atoms with Gasteiger partial charge in [-0.2, -0.15) is 11.8 Å². The predicted octanol–water partition coefficient (Wildman–Crippen LogP) is 2.28. The molecule has 1 aliphatic rings. The van der Waals surface area contributed by atoms with Crippen LogP contribution in [0.25, 0.3) is 0 Å². The van der Waals surface area contributed by atoms with Crippen LogP contribution in [0.2, 0.25) is 0 Å². The highest BCUT2D eigenvalue weighted by Crippen LogP contribution is 2.36. The first-order valence-corrected chi connectivity index (χ1v) is 6.85. The summed E-state index contributed by atoms with van der Waals surface area (Å²) >= 11 is 1.95. The molecule has 0 bridgehead atoms. The fourth-order valence-corrected chi connectivity index (χ4v) is 3.27. The van der Waals surface area contributed by atoms with Crippen LogP contribution in [0.5, 0.6) is 0 Å². The summed E-state index contributed by atoms with van der Waals surface area (Å²) < 4.78 is 0.204. The van der Waals surface area contributed by atoms with Crippen molar-refractivity contribution >= 4 is 23.4 Å². The van der Waals surface area contributed by atoms with Crippen LogP contribution < -0.4 is 11.1 Å². The van der Waals surface area contributed by atoms with Crippen molar-refractivity contribution in [3.8, 4) is 0 Å². The second kappa shape index (κ2) is 5.00. The molecule has 1 heterocycles. The minimum absolute atomic E-state index is 0.0361. The zero-order valence-corrected chi connectivity index (χ0v) is 10.8. The summed E-state index contributed by atoms with van der Waals surface area (Å²) in [4.78, 5) is 11.9. The molecule has 0 radical (unpaired) electrons. The Morgan fingerprint density at radius 3 is 3.06 bits per heavy atom. The first-order valence-electron chi connectivity index (χ1n) is 5.87. The zero-order valence-electron chi connectivity index (χ0n) is 10.0. The van der Waals surface area contributed by atoms with E-state index in [1.165, 1.54) is 18.6 Å². The van der Waals surface area contributed by atoms with Crippen molar-refractivity contribution in [2.75, 3.05) is 18.0 Å². The lowest BCUT2D eigenvalue weighted by Gasteiger charge is -2.22. The fourth-order valence-electron chi connectivity index (χ4n) is 2.03. The number of carbonyl (C=O) groups excluding carboxylic acids is 1. The lowest BCUT2D eigenvalue weighted by molar-refractivity contribution is 0.0950. The summed E-state index contributed by atoms with van der Waals surface area (Å²) in [5.74, 6) is 1.16. The molecular weight excluding hydrogens is 232 g/mol. The predicted molar refractivity (Wildman–Crippen MR) is 73.3 cm³/mol. The highest BCUT2D eigenvalue weighted by atomic mass is 32.2. The number of hydrogen-bond acceptors (Lipinski definition) is 3. The monoisotopic (exact) mass is 250 g/mol. The molecule has 1 saturated heterocycles. The molecule has 0 spiro atoms. The number of thioether (sulfide) groups is 1. The van der Waals surface area contributed by atoms with E-state index in [-0.39, 0.29) is 10.7 Å². The Bertz CT molecular complexity index is 414. The summed E-state index contributed by atoms with van der Waals surface area (Å²) in [6.45, 7) is 2.94. The van der Waals surface area contributed by atoms with Gasteiger partial charge in [0.1, 0.15) is 0 Å². The molecule has 0 aliphatic carbocycles. The number of hydrogen-bond donors (Lipinski definition) is 2. The zero-order chi connectivity index (χ0) is 12.3. The Hall–Kier alpha value is -1.16. The van der Waals surface area contributed by atoms with Crippen LogP contribution in [-0.2, 0) is 0 Å². The SMILES string of the molecule is CC1(CNC(=O)c2cccc(N)c2)CCCS1. The van der Waals surface area contributed by atoms with Gasteiger partial charge in [-0.15, -0.1) is 0 Å². The van der Waals surface area contributed by atoms with E-state index < -0.39 is 0 Å². The van der Waals surface area contributed by atoms with E-state index in [0.717, 1.165) is 6.54 Å². The van der Waals surface area contributed by atoms with Gasteiger partial charge in [-0.05, 0) is 43.7 Å². The van der Waals surface area contributed by atoms with Crippen molar-refractivity contribution < 1.29 is 4.79 Å². The maximum atomic E-state index is 11.9. The van der Waals surface area contributed by atoms with Crippen molar-refractivity contribution in [3.05, 3.63) is 29.8 Å². The van der Waals surface area contributed by atoms with Crippen molar-refractivity contribution in [1.29, 1.82) is 0 Å². The molecular formula is C13H18N2OS. The molecule has 92 valence electrons. The maximum Gasteiger partial charge on any atom is 0.251 e. The fraction of sp³-hybridized carbons (Fsp3) is 0.462. The number of nitrogen functional groups attached to an aromatic ring is 1. The number of amides is 1. The third-order valence-corrected chi connectivity index (χ3v) is 4.61. The first kappa shape index (κ1) is 12.3. The Morgan fingerprint density at radius 1 is 1.59 bits per heavy atom. The van der Waals surface area contributed by atoms with E-state index in [1.54, 1.807) is 24.3 Å². The van der Waals surface area contributed by atoms with Crippen molar-refractivity contribution in [2.24, 2.45) is 0 Å². The summed E-state index contributed by atoms with van der Waals surface area (Å²) in [6.07, 6.45) is 2.42. The van der Waals surface area contributed by atoms with Crippen molar-refractivity contribution in [3.63, 3.8) is 0 Å². The molecule has 0 saturated carbocycles. The molecule has 3 nitrogen and oxygen atoms in total. The number of benzene rings is 1. The molecule has 3 N–H and O–H groups in total. The Labute approximate surface area is 106 Å². The molecule has 2 rings (SSSR count). The van der Waals surface area contributed by atoms with E-state index in [2.05, 4.69) is 12.2 Å². The molecule has 1 aromatic carbocycles. The van der Waals surface area contributed by atoms with Gasteiger partial charge in [0.25, 0.3) is 5.91 Å². The lowest BCUT2D eigenvalue weighted by atomic mass is 10.1. The maximum absolute atomic E-state index is 11.9. The third-order valence-electron chi connectivity index (χ3n) is 3.07. The number of rotatable bonds is 3. The van der Waals surface area contributed by atoms with Crippen LogP contribution in [0.1, 0.15) is 30.1 Å². The Morgan fingerprint density at radius 2 is 2.41 bits per heavy atom. The number of anilines is 1. The Balaban J connectivity index is 1.93. The van der Waals surface area contributed by atoms with E-state index in [9.17, 15) is 4.79 Å². The molecule has 17 heavy (non-hydrogen) atoms. The van der Waals surface area contributed by atoms with Crippen molar-refractivity contribution in [2.45, 2.75) is 24.5 Å². The van der Waals surface area contributed by atoms with E-state index in [1.807, 2.05) is 11.8 Å². The van der Waals surface area contributed by atoms with Gasteiger partial charge < -0.3 is 11.1 Å². The molecule has 0 aromatic heterocycles. The normalized spacial score (nSPS) is 23.6. The molecule has 4 heteroatoms. The molecule has 1 amide bonds. The van der Waals surface area contributed by atoms with Crippen LogP contribution in [0.4, 0.5) is 5.69 Å². The summed E-state index contributed by atoms with van der Waals surface area (Å²) in [6, 6.07) is 7.08. The van der Waals surface area contributed by atoms with Crippen LogP contribution in [-0.4, -0.2) is 23.0 Å². The average molecular weight is 250 g/mol. The van der Waals surface area contributed by atoms with Crippen molar-refractivity contribution in [1.82, 2.24) is 5.32 Å². The highest BCUT2D eigenvalue weighted by Gasteiger charge is 2.29. The molecule has 1 atom stereocenters. The average Bonchev–Trinajstić information content (AvgIpc) is 2.74. The van der Waals surface area contributed by atoms with Gasteiger partial charge in [0.05, 0.1) is 0 Å². The second-order valence-corrected chi connectivity index (χ2v) is 6.39. The standard InChI is InChI=1S/C13H18N2OS/c1-13(6-3-7-17-13)9-15-12(16)10-4-2-5-11(14)8-10/h2,4-5,8H,3,6-7,9,14H2,1H3,(H,15,16). The van der Waals surface area contributed by atoms with Gasteiger partial charge in [0, 0.05) is 22.5 Å². The minimum atomic E-state index is -0.0361. The van der Waals surface area contributed by atoms with Gasteiger partial charge in [-0.25, -0.2) is 0 Å². The van der Waals surface area contributed by atoms with Crippen LogP contribution >= 0.6 is 11.8 Å². The van der Waals surface area contributed by atoms with Gasteiger partial charge >= 0.3 is 0 Å². The van der Waals surface area contributed by atoms with Gasteiger partial charge in [0.15, 0.2) is 0 Å². The van der Waals surface area contributed by atoms with Gasteiger partial charge in [0.2, 0.25) is 0 Å². The first-order chi connectivity index (χ1) is 8.09. The molecule has 1 fully saturated rings. The summed E-state index contributed by atoms with van der Waals surface area (Å²) in [5.41, 5.74) is 6.92. The Kier molecular flexibility index (Phi) is 3.62. The van der Waals surface area contributed by atoms with E-state index >= 15 is 0 Å². The molecule has 1 aromatic rings. The van der Waals surface area contributed by atoms with E-state index in [0.29, 0.717) is 11.3 Å². The van der Waals surface area contributed by atoms with Crippen LogP contribution in [0, 0.1) is 0 Å². The van der Waals surface area contributed by atoms with Crippen LogP contribution in [0.3, 0.4) is 0 Å². The third kappa shape index (κ3) is 3.16. The lowest BCUT2D eigenvalue weighted by Crippen LogP contribution is -2.36. The molecule has 1 unspecified atom stereocenters. The largest absolute Gasteiger partial charge is 0.399 e. The smallest absolute Gasteiger partial charge is 0.251 e. The van der Waals surface area contributed by atoms with Crippen LogP contribution in [0.15, 0.2) is 24.3 Å². The number of nitrogens with one attached hydrogen (secondary N) is 1. The second-order valence-electron chi connectivity index (χ2n) is 4.71. The topological polar surface area (TPSA) is 55.1 Å². The quantitative estimate of drug-likeness (QED) is 0.809. The number of carbonyl (C=O) groups is 1. The summed E-state index contributed by atoms with van der Waals surface area (Å²) in [5, 5.41) is 2.99. The van der Waals surface area contributed by atoms with Gasteiger partial charge in [-0.3, -0.25) is 4.79 Å². The van der Waals surface area contributed by atoms with E-state index in [4.69, 9.17) is 5.73 Å². The molecule has 1 aliphatic heterocycles. The van der Waals surface area contributed by atoms with Gasteiger partial charge in [-0.1, -0.05) is 6.07 Å². The summed E-state index contributed by atoms with van der Waals surface area (Å²) in [7, 11) is 0.